The number of nitrogens with one attached hydrogen (secondary N) is 1. The lowest BCUT2D eigenvalue weighted by molar-refractivity contribution is 0.0904. The number of benzene rings is 1. The minimum absolute atomic E-state index is 0.0780. The number of amides is 2. The van der Waals surface area contributed by atoms with Gasteiger partial charge in [-0.3, -0.25) is 4.90 Å². The van der Waals surface area contributed by atoms with E-state index in [4.69, 9.17) is 5.73 Å². The third kappa shape index (κ3) is 2.39. The Kier molecular flexibility index (Phi) is 3.63. The summed E-state index contributed by atoms with van der Waals surface area (Å²) in [6, 6.07) is 9.21. The molecule has 108 valence electrons. The Morgan fingerprint density at radius 3 is 2.80 bits per heavy atom. The maximum Gasteiger partial charge on any atom is 0.317 e. The standard InChI is InChI=1S/C15H22N4O/c1-11-2-4-12(5-3-11)14(8-16)18-6-7-19-13(10-18)9-17-15(19)20/h2-5,13-14H,6-10,16H2,1H3,(H,17,20). The molecule has 2 aliphatic rings. The predicted octanol–water partition coefficient (Wildman–Crippen LogP) is 0.704. The molecule has 3 N–H and O–H groups in total. The van der Waals surface area contributed by atoms with E-state index in [1.807, 2.05) is 4.90 Å². The van der Waals surface area contributed by atoms with Crippen LogP contribution in [0.2, 0.25) is 0 Å². The van der Waals surface area contributed by atoms with Crippen molar-refractivity contribution in [3.05, 3.63) is 35.4 Å². The summed E-state index contributed by atoms with van der Waals surface area (Å²) in [5.74, 6) is 0. The van der Waals surface area contributed by atoms with Crippen LogP contribution in [0.3, 0.4) is 0 Å². The van der Waals surface area contributed by atoms with Crippen molar-refractivity contribution in [3.8, 4) is 0 Å². The lowest BCUT2D eigenvalue weighted by atomic mass is 10.0. The average Bonchev–Trinajstić information content (AvgIpc) is 2.83. The molecule has 1 aromatic rings. The molecule has 2 aliphatic heterocycles. The number of urea groups is 1. The number of hydrogen-bond donors (Lipinski definition) is 2. The Morgan fingerprint density at radius 2 is 2.10 bits per heavy atom. The first-order chi connectivity index (χ1) is 9.69. The van der Waals surface area contributed by atoms with E-state index >= 15 is 0 Å². The van der Waals surface area contributed by atoms with Crippen molar-refractivity contribution < 1.29 is 4.79 Å². The number of nitrogens with two attached hydrogens (primary N) is 1. The summed E-state index contributed by atoms with van der Waals surface area (Å²) >= 11 is 0. The topological polar surface area (TPSA) is 61.6 Å². The van der Waals surface area contributed by atoms with E-state index in [-0.39, 0.29) is 18.1 Å². The van der Waals surface area contributed by atoms with Gasteiger partial charge in [0.05, 0.1) is 6.04 Å². The summed E-state index contributed by atoms with van der Waals surface area (Å²) in [5.41, 5.74) is 8.53. The van der Waals surface area contributed by atoms with E-state index in [1.54, 1.807) is 0 Å². The first-order valence-electron chi connectivity index (χ1n) is 7.24. The third-order valence-corrected chi connectivity index (χ3v) is 4.39. The van der Waals surface area contributed by atoms with Gasteiger partial charge in [-0.1, -0.05) is 29.8 Å². The molecule has 2 atom stereocenters. The van der Waals surface area contributed by atoms with Crippen LogP contribution < -0.4 is 11.1 Å². The highest BCUT2D eigenvalue weighted by atomic mass is 16.2. The first kappa shape index (κ1) is 13.4. The van der Waals surface area contributed by atoms with Gasteiger partial charge in [-0.2, -0.15) is 0 Å². The van der Waals surface area contributed by atoms with Crippen LogP contribution in [0.5, 0.6) is 0 Å². The van der Waals surface area contributed by atoms with Crippen LogP contribution in [0.4, 0.5) is 4.79 Å². The van der Waals surface area contributed by atoms with E-state index in [1.165, 1.54) is 11.1 Å². The van der Waals surface area contributed by atoms with Crippen molar-refractivity contribution in [1.82, 2.24) is 15.1 Å². The van der Waals surface area contributed by atoms with Crippen LogP contribution in [0.25, 0.3) is 0 Å². The van der Waals surface area contributed by atoms with Crippen LogP contribution in [0, 0.1) is 6.92 Å². The van der Waals surface area contributed by atoms with Crippen molar-refractivity contribution in [2.75, 3.05) is 32.7 Å². The molecular formula is C15H22N4O. The second-order valence-electron chi connectivity index (χ2n) is 5.69. The fourth-order valence-corrected chi connectivity index (χ4v) is 3.20. The largest absolute Gasteiger partial charge is 0.336 e. The smallest absolute Gasteiger partial charge is 0.317 e. The number of nitrogens with zero attached hydrogens (tertiary/aromatic N) is 2. The van der Waals surface area contributed by atoms with Gasteiger partial charge in [-0.15, -0.1) is 0 Å². The molecule has 2 saturated heterocycles. The Labute approximate surface area is 119 Å². The summed E-state index contributed by atoms with van der Waals surface area (Å²) in [6.07, 6.45) is 0. The van der Waals surface area contributed by atoms with Gasteiger partial charge in [0.25, 0.3) is 0 Å². The lowest BCUT2D eigenvalue weighted by Crippen LogP contribution is -2.53. The molecule has 0 spiro atoms. The summed E-state index contributed by atoms with van der Waals surface area (Å²) in [7, 11) is 0. The normalized spacial score (nSPS) is 24.4. The minimum atomic E-state index is 0.0780. The fourth-order valence-electron chi connectivity index (χ4n) is 3.20. The van der Waals surface area contributed by atoms with E-state index in [0.717, 1.165) is 26.2 Å². The highest BCUT2D eigenvalue weighted by Gasteiger charge is 2.37. The van der Waals surface area contributed by atoms with Crippen LogP contribution in [0.1, 0.15) is 17.2 Å². The van der Waals surface area contributed by atoms with Crippen LogP contribution >= 0.6 is 0 Å². The van der Waals surface area contributed by atoms with Gasteiger partial charge in [0.1, 0.15) is 0 Å². The Morgan fingerprint density at radius 1 is 1.35 bits per heavy atom. The predicted molar refractivity (Wildman–Crippen MR) is 78.4 cm³/mol. The van der Waals surface area contributed by atoms with Crippen LogP contribution in [0.15, 0.2) is 24.3 Å². The van der Waals surface area contributed by atoms with Gasteiger partial charge in [-0.25, -0.2) is 4.79 Å². The van der Waals surface area contributed by atoms with Gasteiger partial charge >= 0.3 is 6.03 Å². The number of hydrogen-bond acceptors (Lipinski definition) is 3. The van der Waals surface area contributed by atoms with Crippen LogP contribution in [-0.2, 0) is 0 Å². The minimum Gasteiger partial charge on any atom is -0.336 e. The maximum absolute atomic E-state index is 11.6. The van der Waals surface area contributed by atoms with Crippen molar-refractivity contribution >= 4 is 6.03 Å². The van der Waals surface area contributed by atoms with E-state index < -0.39 is 0 Å². The molecule has 5 nitrogen and oxygen atoms in total. The SMILES string of the molecule is Cc1ccc(C(CN)N2CCN3C(=O)NCC3C2)cc1. The van der Waals surface area contributed by atoms with Crippen molar-refractivity contribution in [2.24, 2.45) is 5.73 Å². The fraction of sp³-hybridized carbons (Fsp3) is 0.533. The van der Waals surface area contributed by atoms with Gasteiger partial charge in [-0.05, 0) is 12.5 Å². The third-order valence-electron chi connectivity index (χ3n) is 4.39. The van der Waals surface area contributed by atoms with Crippen molar-refractivity contribution in [1.29, 1.82) is 0 Å². The quantitative estimate of drug-likeness (QED) is 0.853. The van der Waals surface area contributed by atoms with E-state index in [2.05, 4.69) is 41.4 Å². The maximum atomic E-state index is 11.6. The van der Waals surface area contributed by atoms with Gasteiger partial charge in [0.2, 0.25) is 0 Å². The van der Waals surface area contributed by atoms with E-state index in [9.17, 15) is 4.79 Å². The van der Waals surface area contributed by atoms with Gasteiger partial charge in [0, 0.05) is 38.8 Å². The molecule has 0 saturated carbocycles. The second-order valence-corrected chi connectivity index (χ2v) is 5.69. The summed E-state index contributed by atoms with van der Waals surface area (Å²) in [6.45, 7) is 6.03. The Bertz CT molecular complexity index is 487. The second kappa shape index (κ2) is 5.42. The molecule has 2 amide bonds. The number of piperazine rings is 1. The summed E-state index contributed by atoms with van der Waals surface area (Å²) in [4.78, 5) is 16.0. The number of carbonyl (C=O) groups is 1. The Hall–Kier alpha value is -1.59. The molecule has 0 bridgehead atoms. The van der Waals surface area contributed by atoms with Gasteiger partial charge in [0.15, 0.2) is 0 Å². The monoisotopic (exact) mass is 274 g/mol. The molecule has 1 aromatic carbocycles. The molecule has 0 radical (unpaired) electrons. The number of aryl methyl sites for hydroxylation is 1. The molecule has 2 heterocycles. The molecular weight excluding hydrogens is 252 g/mol. The van der Waals surface area contributed by atoms with E-state index in [0.29, 0.717) is 6.54 Å². The number of rotatable bonds is 3. The summed E-state index contributed by atoms with van der Waals surface area (Å²) in [5, 5.41) is 2.92. The van der Waals surface area contributed by atoms with Crippen molar-refractivity contribution in [3.63, 3.8) is 0 Å². The molecule has 2 unspecified atom stereocenters. The zero-order valence-electron chi connectivity index (χ0n) is 11.9. The molecule has 20 heavy (non-hydrogen) atoms. The highest BCUT2D eigenvalue weighted by Crippen LogP contribution is 2.24. The molecule has 3 rings (SSSR count). The molecule has 0 aliphatic carbocycles. The van der Waals surface area contributed by atoms with Gasteiger partial charge < -0.3 is 16.0 Å². The number of carbonyl (C=O) groups excluding carboxylic acids is 1. The lowest BCUT2D eigenvalue weighted by Gasteiger charge is -2.40. The number of fused-ring (bicyclic) bond motifs is 1. The molecule has 2 fully saturated rings. The highest BCUT2D eigenvalue weighted by molar-refractivity contribution is 5.77. The average molecular weight is 274 g/mol. The Balaban J connectivity index is 1.74. The zero-order valence-corrected chi connectivity index (χ0v) is 11.9. The molecule has 5 heteroatoms. The zero-order chi connectivity index (χ0) is 14.1. The molecule has 0 aromatic heterocycles. The summed E-state index contributed by atoms with van der Waals surface area (Å²) < 4.78 is 0. The van der Waals surface area contributed by atoms with Crippen LogP contribution in [-0.4, -0.2) is 54.6 Å². The van der Waals surface area contributed by atoms with Crippen molar-refractivity contribution in [2.45, 2.75) is 19.0 Å². The first-order valence-corrected chi connectivity index (χ1v) is 7.24.